The van der Waals surface area contributed by atoms with Crippen molar-refractivity contribution in [2.75, 3.05) is 26.7 Å². The second-order valence-corrected chi connectivity index (χ2v) is 6.90. The topological polar surface area (TPSA) is 28.2 Å². The maximum absolute atomic E-state index is 4.92. The molecule has 1 aliphatic rings. The zero-order valence-electron chi connectivity index (χ0n) is 15.9. The van der Waals surface area contributed by atoms with E-state index in [1.165, 1.54) is 42.6 Å². The van der Waals surface area contributed by atoms with Gasteiger partial charge in [-0.05, 0) is 56.8 Å². The summed E-state index contributed by atoms with van der Waals surface area (Å²) >= 11 is 0. The Morgan fingerprint density at radius 3 is 2.62 bits per heavy atom. The lowest BCUT2D eigenvalue weighted by Crippen LogP contribution is -2.19. The van der Waals surface area contributed by atoms with Crippen molar-refractivity contribution in [2.24, 2.45) is 0 Å². The first-order chi connectivity index (χ1) is 12.8. The van der Waals surface area contributed by atoms with E-state index in [1.807, 2.05) is 13.2 Å². The summed E-state index contributed by atoms with van der Waals surface area (Å²) in [6.45, 7) is 5.54. The van der Waals surface area contributed by atoms with Gasteiger partial charge in [-0.2, -0.15) is 0 Å². The molecule has 1 aromatic heterocycles. The molecule has 1 fully saturated rings. The number of nitrogens with one attached hydrogen (secondary N) is 1. The summed E-state index contributed by atoms with van der Waals surface area (Å²) in [5.41, 5.74) is 5.91. The van der Waals surface area contributed by atoms with Crippen LogP contribution in [0.1, 0.15) is 35.4 Å². The molecule has 0 atom stereocenters. The van der Waals surface area contributed by atoms with Crippen molar-refractivity contribution in [3.63, 3.8) is 0 Å². The Morgan fingerprint density at radius 1 is 1.12 bits per heavy atom. The quantitative estimate of drug-likeness (QED) is 0.814. The van der Waals surface area contributed by atoms with Crippen LogP contribution in [0.25, 0.3) is 5.57 Å². The van der Waals surface area contributed by atoms with E-state index >= 15 is 0 Å². The Bertz CT molecular complexity index is 753. The molecule has 3 nitrogen and oxygen atoms in total. The summed E-state index contributed by atoms with van der Waals surface area (Å²) < 4.78 is 0. The van der Waals surface area contributed by atoms with Gasteiger partial charge in [0.1, 0.15) is 0 Å². The average molecular weight is 348 g/mol. The van der Waals surface area contributed by atoms with Crippen LogP contribution in [0.4, 0.5) is 0 Å². The summed E-state index contributed by atoms with van der Waals surface area (Å²) in [6, 6.07) is 15.1. The summed E-state index contributed by atoms with van der Waals surface area (Å²) in [5, 5.41) is 3.03. The molecule has 3 rings (SSSR count). The molecule has 1 N–H and O–H groups in total. The Morgan fingerprint density at radius 2 is 1.88 bits per heavy atom. The van der Waals surface area contributed by atoms with Crippen molar-refractivity contribution in [3.05, 3.63) is 83.3 Å². The predicted molar refractivity (Wildman–Crippen MR) is 110 cm³/mol. The number of benzene rings is 1. The molecule has 26 heavy (non-hydrogen) atoms. The van der Waals surface area contributed by atoms with Crippen LogP contribution in [0.15, 0.2) is 60.8 Å². The monoisotopic (exact) mass is 347 g/mol. The van der Waals surface area contributed by atoms with Gasteiger partial charge in [0.15, 0.2) is 0 Å². The third-order valence-electron chi connectivity index (χ3n) is 4.81. The van der Waals surface area contributed by atoms with Gasteiger partial charge in [-0.3, -0.25) is 9.88 Å². The first-order valence-electron chi connectivity index (χ1n) is 9.54. The van der Waals surface area contributed by atoms with Crippen molar-refractivity contribution in [2.45, 2.75) is 26.2 Å². The molecule has 3 heteroatoms. The third-order valence-corrected chi connectivity index (χ3v) is 4.81. The van der Waals surface area contributed by atoms with Gasteiger partial charge in [0.05, 0.1) is 5.69 Å². The van der Waals surface area contributed by atoms with E-state index < -0.39 is 0 Å². The molecule has 0 amide bonds. The van der Waals surface area contributed by atoms with Crippen molar-refractivity contribution < 1.29 is 0 Å². The summed E-state index contributed by atoms with van der Waals surface area (Å²) in [5.74, 6) is 0. The summed E-state index contributed by atoms with van der Waals surface area (Å²) in [7, 11) is 1.91. The Labute approximate surface area is 157 Å². The highest BCUT2D eigenvalue weighted by Crippen LogP contribution is 2.23. The number of nitrogens with zero attached hydrogens (tertiary/aromatic N) is 2. The van der Waals surface area contributed by atoms with Crippen LogP contribution >= 0.6 is 0 Å². The van der Waals surface area contributed by atoms with E-state index in [1.54, 1.807) is 0 Å². The zero-order chi connectivity index (χ0) is 18.2. The van der Waals surface area contributed by atoms with Crippen LogP contribution in [-0.4, -0.2) is 36.6 Å². The number of rotatable bonds is 7. The molecular formula is C23H29N3. The largest absolute Gasteiger partial charge is 0.394 e. The van der Waals surface area contributed by atoms with Gasteiger partial charge in [-0.15, -0.1) is 0 Å². The van der Waals surface area contributed by atoms with E-state index in [9.17, 15) is 0 Å². The van der Waals surface area contributed by atoms with Gasteiger partial charge < -0.3 is 5.32 Å². The number of pyridine rings is 1. The highest BCUT2D eigenvalue weighted by molar-refractivity contribution is 5.78. The SMILES string of the molecule is CNC=CCc1cccc(C(=CCN2CCCC2)c2ccc(C)cc2)n1. The first-order valence-corrected chi connectivity index (χ1v) is 9.54. The minimum atomic E-state index is 0.835. The van der Waals surface area contributed by atoms with Crippen molar-refractivity contribution in [1.82, 2.24) is 15.2 Å². The highest BCUT2D eigenvalue weighted by Gasteiger charge is 2.12. The fraction of sp³-hybridized carbons (Fsp3) is 0.348. The lowest BCUT2D eigenvalue weighted by Gasteiger charge is -2.14. The molecule has 1 saturated heterocycles. The van der Waals surface area contributed by atoms with Crippen LogP contribution in [0, 0.1) is 6.92 Å². The second kappa shape index (κ2) is 9.35. The zero-order valence-corrected chi connectivity index (χ0v) is 15.9. The van der Waals surface area contributed by atoms with E-state index in [2.05, 4.69) is 71.8 Å². The summed E-state index contributed by atoms with van der Waals surface area (Å²) in [4.78, 5) is 7.44. The number of hydrogen-bond acceptors (Lipinski definition) is 3. The van der Waals surface area contributed by atoms with E-state index in [-0.39, 0.29) is 0 Å². The van der Waals surface area contributed by atoms with Crippen molar-refractivity contribution in [1.29, 1.82) is 0 Å². The van der Waals surface area contributed by atoms with E-state index in [4.69, 9.17) is 4.98 Å². The predicted octanol–water partition coefficient (Wildman–Crippen LogP) is 4.19. The first kappa shape index (κ1) is 18.4. The molecule has 1 aliphatic heterocycles. The molecule has 0 saturated carbocycles. The fourth-order valence-electron chi connectivity index (χ4n) is 3.33. The van der Waals surface area contributed by atoms with Gasteiger partial charge in [0.25, 0.3) is 0 Å². The summed E-state index contributed by atoms with van der Waals surface area (Å²) in [6.07, 6.45) is 9.88. The molecule has 2 heterocycles. The van der Waals surface area contributed by atoms with Gasteiger partial charge in [-0.1, -0.05) is 48.0 Å². The molecule has 2 aromatic rings. The van der Waals surface area contributed by atoms with Gasteiger partial charge in [0, 0.05) is 31.3 Å². The molecule has 0 aliphatic carbocycles. The highest BCUT2D eigenvalue weighted by atomic mass is 15.1. The maximum Gasteiger partial charge on any atom is 0.0708 e. The van der Waals surface area contributed by atoms with Gasteiger partial charge in [-0.25, -0.2) is 0 Å². The number of hydrogen-bond donors (Lipinski definition) is 1. The normalized spacial score (nSPS) is 15.7. The van der Waals surface area contributed by atoms with E-state index in [0.717, 1.165) is 24.4 Å². The Balaban J connectivity index is 1.89. The minimum Gasteiger partial charge on any atom is -0.394 e. The standard InChI is InChI=1S/C23H29N3/c1-19-10-12-20(13-11-19)22(14-18-26-16-3-4-17-26)23-9-5-7-21(25-23)8-6-15-24-2/h5-7,9-15,24H,3-4,8,16-18H2,1-2H3. The van der Waals surface area contributed by atoms with Crippen LogP contribution < -0.4 is 5.32 Å². The lowest BCUT2D eigenvalue weighted by molar-refractivity contribution is 0.377. The van der Waals surface area contributed by atoms with Crippen LogP contribution in [-0.2, 0) is 6.42 Å². The molecule has 136 valence electrons. The maximum atomic E-state index is 4.92. The number of aromatic nitrogens is 1. The van der Waals surface area contributed by atoms with Gasteiger partial charge >= 0.3 is 0 Å². The van der Waals surface area contributed by atoms with Crippen molar-refractivity contribution in [3.8, 4) is 0 Å². The molecular weight excluding hydrogens is 318 g/mol. The Kier molecular flexibility index (Phi) is 6.62. The van der Waals surface area contributed by atoms with Crippen LogP contribution in [0.2, 0.25) is 0 Å². The molecule has 1 aromatic carbocycles. The number of allylic oxidation sites excluding steroid dienone is 1. The minimum absolute atomic E-state index is 0.835. The van der Waals surface area contributed by atoms with Gasteiger partial charge in [0.2, 0.25) is 0 Å². The number of likely N-dealkylation sites (tertiary alicyclic amines) is 1. The molecule has 0 spiro atoms. The third kappa shape index (κ3) is 5.06. The molecule has 0 bridgehead atoms. The van der Waals surface area contributed by atoms with Crippen molar-refractivity contribution >= 4 is 5.57 Å². The van der Waals surface area contributed by atoms with E-state index in [0.29, 0.717) is 0 Å². The van der Waals surface area contributed by atoms with Crippen LogP contribution in [0.3, 0.4) is 0 Å². The average Bonchev–Trinajstić information content (AvgIpc) is 3.18. The number of aryl methyl sites for hydroxylation is 1. The lowest BCUT2D eigenvalue weighted by atomic mass is 10.00. The second-order valence-electron chi connectivity index (χ2n) is 6.90. The fourth-order valence-corrected chi connectivity index (χ4v) is 3.33. The van der Waals surface area contributed by atoms with Crippen LogP contribution in [0.5, 0.6) is 0 Å². The molecule has 0 unspecified atom stereocenters. The Hall–Kier alpha value is -2.39. The smallest absolute Gasteiger partial charge is 0.0708 e. The molecule has 0 radical (unpaired) electrons.